The number of rotatable bonds is 3. The fourth-order valence-electron chi connectivity index (χ4n) is 4.74. The van der Waals surface area contributed by atoms with Crippen LogP contribution in [-0.2, 0) is 6.42 Å². The molecule has 1 N–H and O–H groups in total. The third-order valence-electron chi connectivity index (χ3n) is 6.23. The number of fused-ring (bicyclic) bond motifs is 3. The molecule has 172 valence electrons. The summed E-state index contributed by atoms with van der Waals surface area (Å²) < 4.78 is 19.5. The van der Waals surface area contributed by atoms with E-state index >= 15 is 0 Å². The average molecular weight is 484 g/mol. The molecule has 1 amide bonds. The molecule has 0 spiro atoms. The molecule has 7 nitrogen and oxygen atoms in total. The van der Waals surface area contributed by atoms with Gasteiger partial charge in [-0.15, -0.1) is 17.8 Å². The van der Waals surface area contributed by atoms with Gasteiger partial charge >= 0.3 is 0 Å². The maximum Gasteiger partial charge on any atom is 0.274 e. The Labute approximate surface area is 203 Å². The zero-order chi connectivity index (χ0) is 24.1. The average Bonchev–Trinajstić information content (AvgIpc) is 3.61. The molecule has 1 aliphatic rings. The number of thiazole rings is 1. The van der Waals surface area contributed by atoms with E-state index in [4.69, 9.17) is 10.9 Å². The van der Waals surface area contributed by atoms with Gasteiger partial charge in [0.25, 0.3) is 5.91 Å². The van der Waals surface area contributed by atoms with Crippen LogP contribution in [0.5, 0.6) is 0 Å². The Balaban J connectivity index is 1.61. The van der Waals surface area contributed by atoms with Crippen molar-refractivity contribution < 1.29 is 13.7 Å². The van der Waals surface area contributed by atoms with Crippen molar-refractivity contribution >= 4 is 28.1 Å². The quantitative estimate of drug-likeness (QED) is 0.366. The number of carbonyl (C=O) groups excluding carboxylic acids is 1. The molecule has 0 bridgehead atoms. The van der Waals surface area contributed by atoms with E-state index in [0.717, 1.165) is 27.7 Å². The van der Waals surface area contributed by atoms with Crippen molar-refractivity contribution in [3.05, 3.63) is 99.0 Å². The van der Waals surface area contributed by atoms with Crippen LogP contribution < -0.4 is 0 Å². The summed E-state index contributed by atoms with van der Waals surface area (Å²) in [5.74, 6) is 2.59. The lowest BCUT2D eigenvalue weighted by Crippen LogP contribution is -2.43. The molecule has 0 fully saturated rings. The van der Waals surface area contributed by atoms with Crippen molar-refractivity contribution in [2.24, 2.45) is 0 Å². The van der Waals surface area contributed by atoms with Crippen molar-refractivity contribution in [2.45, 2.75) is 25.4 Å². The number of aryl methyl sites for hydroxylation is 1. The molecule has 0 unspecified atom stereocenters. The van der Waals surface area contributed by atoms with Gasteiger partial charge in [-0.05, 0) is 42.2 Å². The third kappa shape index (κ3) is 3.50. The summed E-state index contributed by atoms with van der Waals surface area (Å²) in [5.41, 5.74) is 3.81. The van der Waals surface area contributed by atoms with Gasteiger partial charge in [-0.2, -0.15) is 4.98 Å². The molecule has 5 aromatic rings. The molecule has 0 saturated carbocycles. The number of para-hydroxylation sites is 1. The van der Waals surface area contributed by atoms with Gasteiger partial charge in [0.1, 0.15) is 17.6 Å². The molecule has 3 aromatic heterocycles. The normalized spacial score (nSPS) is 17.3. The number of nitrogens with one attached hydrogen (secondary N) is 1. The lowest BCUT2D eigenvalue weighted by Gasteiger charge is -2.40. The minimum absolute atomic E-state index is 0.232. The Kier molecular flexibility index (Phi) is 4.97. The Hall–Kier alpha value is -4.29. The van der Waals surface area contributed by atoms with Crippen LogP contribution in [0.2, 0.25) is 0 Å². The van der Waals surface area contributed by atoms with Crippen LogP contribution in [0.15, 0.2) is 58.4 Å². The molecule has 0 aliphatic carbocycles. The molecular formula is C26H18FN5O2S. The van der Waals surface area contributed by atoms with E-state index in [9.17, 15) is 9.18 Å². The highest BCUT2D eigenvalue weighted by molar-refractivity contribution is 7.10. The highest BCUT2D eigenvalue weighted by Crippen LogP contribution is 2.46. The first-order valence-corrected chi connectivity index (χ1v) is 11.8. The lowest BCUT2D eigenvalue weighted by atomic mass is 9.87. The minimum atomic E-state index is -0.576. The summed E-state index contributed by atoms with van der Waals surface area (Å²) in [5, 5.41) is 7.08. The van der Waals surface area contributed by atoms with Gasteiger partial charge < -0.3 is 14.4 Å². The molecule has 0 radical (unpaired) electrons. The second-order valence-electron chi connectivity index (χ2n) is 8.31. The Bertz CT molecular complexity index is 1610. The van der Waals surface area contributed by atoms with E-state index in [2.05, 4.69) is 26.0 Å². The van der Waals surface area contributed by atoms with Crippen molar-refractivity contribution in [3.8, 4) is 12.3 Å². The topological polar surface area (TPSA) is 87.9 Å². The van der Waals surface area contributed by atoms with Crippen LogP contribution in [0.4, 0.5) is 4.39 Å². The first-order valence-electron chi connectivity index (χ1n) is 10.9. The number of nitrogens with zero attached hydrogens (tertiary/aromatic N) is 4. The molecule has 9 heteroatoms. The van der Waals surface area contributed by atoms with Gasteiger partial charge in [0, 0.05) is 28.4 Å². The summed E-state index contributed by atoms with van der Waals surface area (Å²) in [6.45, 7) is 1.73. The van der Waals surface area contributed by atoms with Gasteiger partial charge in [-0.25, -0.2) is 9.37 Å². The van der Waals surface area contributed by atoms with Gasteiger partial charge in [0.2, 0.25) is 5.89 Å². The molecule has 2 aromatic carbocycles. The van der Waals surface area contributed by atoms with Crippen molar-refractivity contribution in [1.29, 1.82) is 0 Å². The van der Waals surface area contributed by atoms with Gasteiger partial charge in [-0.1, -0.05) is 35.5 Å². The van der Waals surface area contributed by atoms with E-state index in [-0.39, 0.29) is 17.4 Å². The first-order chi connectivity index (χ1) is 17.0. The third-order valence-corrected chi connectivity index (χ3v) is 7.00. The van der Waals surface area contributed by atoms with E-state index in [1.165, 1.54) is 23.5 Å². The highest BCUT2D eigenvalue weighted by Gasteiger charge is 2.44. The van der Waals surface area contributed by atoms with Crippen LogP contribution in [0.25, 0.3) is 10.9 Å². The lowest BCUT2D eigenvalue weighted by molar-refractivity contribution is 0.0520. The number of hydrogen-bond donors (Lipinski definition) is 1. The van der Waals surface area contributed by atoms with Crippen LogP contribution in [0.3, 0.4) is 0 Å². The zero-order valence-corrected chi connectivity index (χ0v) is 19.3. The Morgan fingerprint density at radius 2 is 2.03 bits per heavy atom. The van der Waals surface area contributed by atoms with E-state index < -0.39 is 12.1 Å². The highest BCUT2D eigenvalue weighted by atomic mass is 32.1. The Morgan fingerprint density at radius 3 is 2.74 bits per heavy atom. The van der Waals surface area contributed by atoms with Crippen LogP contribution in [0, 0.1) is 25.1 Å². The van der Waals surface area contributed by atoms with E-state index in [0.29, 0.717) is 23.1 Å². The number of halogens is 1. The Morgan fingerprint density at radius 1 is 1.23 bits per heavy atom. The van der Waals surface area contributed by atoms with Crippen LogP contribution in [0.1, 0.15) is 56.1 Å². The first kappa shape index (κ1) is 21.3. The number of carbonyl (C=O) groups is 1. The van der Waals surface area contributed by atoms with Gasteiger partial charge in [-0.3, -0.25) is 4.79 Å². The zero-order valence-electron chi connectivity index (χ0n) is 18.5. The predicted octanol–water partition coefficient (Wildman–Crippen LogP) is 4.97. The largest absolute Gasteiger partial charge is 0.356 e. The SMILES string of the molecule is C#Cc1nc(C(=O)N2[C@@H](c3ccc(F)cc3)c3[nH]c4ccccc4c3C[C@@H]2c2nc(C)no2)cs1. The summed E-state index contributed by atoms with van der Waals surface area (Å²) in [7, 11) is 0. The maximum absolute atomic E-state index is 14.0. The van der Waals surface area contributed by atoms with E-state index in [1.54, 1.807) is 29.3 Å². The standard InChI is InChI=1S/C26H18FN5O2S/c1-3-22-29-20(13-35-22)26(33)32-21(25-28-14(2)31-34-25)12-18-17-6-4-5-7-19(17)30-23(18)24(32)15-8-10-16(27)11-9-15/h1,4-11,13,21,24,30H,12H2,2H3/t21-,24+/m1/s1. The molecule has 1 aliphatic heterocycles. The van der Waals surface area contributed by atoms with Gasteiger partial charge in [0.15, 0.2) is 10.8 Å². The fourth-order valence-corrected chi connectivity index (χ4v) is 5.34. The summed E-state index contributed by atoms with van der Waals surface area (Å²) >= 11 is 1.23. The second kappa shape index (κ2) is 8.18. The number of amides is 1. The number of aromatic amines is 1. The second-order valence-corrected chi connectivity index (χ2v) is 9.17. The molecule has 35 heavy (non-hydrogen) atoms. The molecule has 2 atom stereocenters. The number of H-pyrrole nitrogens is 1. The number of aromatic nitrogens is 4. The van der Waals surface area contributed by atoms with Crippen molar-refractivity contribution in [3.63, 3.8) is 0 Å². The number of hydrogen-bond acceptors (Lipinski definition) is 6. The van der Waals surface area contributed by atoms with Crippen molar-refractivity contribution in [1.82, 2.24) is 25.0 Å². The maximum atomic E-state index is 14.0. The molecular weight excluding hydrogens is 465 g/mol. The summed E-state index contributed by atoms with van der Waals surface area (Å²) in [6.07, 6.45) is 5.96. The van der Waals surface area contributed by atoms with Crippen molar-refractivity contribution in [2.75, 3.05) is 0 Å². The van der Waals surface area contributed by atoms with Crippen LogP contribution >= 0.6 is 11.3 Å². The predicted molar refractivity (Wildman–Crippen MR) is 128 cm³/mol. The van der Waals surface area contributed by atoms with E-state index in [1.807, 2.05) is 24.3 Å². The monoisotopic (exact) mass is 483 g/mol. The minimum Gasteiger partial charge on any atom is -0.356 e. The number of benzene rings is 2. The van der Waals surface area contributed by atoms with Gasteiger partial charge in [0.05, 0.1) is 6.04 Å². The summed E-state index contributed by atoms with van der Waals surface area (Å²) in [6, 6.07) is 13.0. The number of terminal acetylenes is 1. The molecule has 4 heterocycles. The van der Waals surface area contributed by atoms with Crippen LogP contribution in [-0.4, -0.2) is 30.9 Å². The summed E-state index contributed by atoms with van der Waals surface area (Å²) in [4.78, 5) is 28.0. The molecule has 0 saturated heterocycles. The smallest absolute Gasteiger partial charge is 0.274 e. The fraction of sp³-hybridized carbons (Fsp3) is 0.154. The molecule has 6 rings (SSSR count).